The summed E-state index contributed by atoms with van der Waals surface area (Å²) in [7, 11) is 0. The molecule has 0 aliphatic heterocycles. The largest absolute Gasteiger partial charge is 0.336 e. The first-order valence-corrected chi connectivity index (χ1v) is 5.30. The molecule has 0 aliphatic rings. The maximum Gasteiger partial charge on any atom is 0.272 e. The van der Waals surface area contributed by atoms with E-state index in [1.807, 2.05) is 6.92 Å². The molecule has 4 nitrogen and oxygen atoms in total. The highest BCUT2D eigenvalue weighted by molar-refractivity contribution is 5.92. The van der Waals surface area contributed by atoms with E-state index in [0.29, 0.717) is 19.6 Å². The Labute approximate surface area is 94.3 Å². The number of carbonyl (C=O) groups is 1. The van der Waals surface area contributed by atoms with Crippen molar-refractivity contribution in [2.24, 2.45) is 5.73 Å². The normalized spacial score (nSPS) is 10.2. The van der Waals surface area contributed by atoms with Crippen LogP contribution in [0.4, 0.5) is 4.39 Å². The summed E-state index contributed by atoms with van der Waals surface area (Å²) in [5, 5.41) is 0. The Morgan fingerprint density at radius 1 is 1.50 bits per heavy atom. The number of rotatable bonds is 5. The molecule has 0 radical (unpaired) electrons. The molecule has 0 bridgehead atoms. The molecule has 16 heavy (non-hydrogen) atoms. The van der Waals surface area contributed by atoms with Gasteiger partial charge in [0.25, 0.3) is 5.91 Å². The van der Waals surface area contributed by atoms with Crippen LogP contribution in [0.25, 0.3) is 0 Å². The third-order valence-electron chi connectivity index (χ3n) is 2.13. The average molecular weight is 225 g/mol. The molecule has 2 N–H and O–H groups in total. The molecule has 1 amide bonds. The van der Waals surface area contributed by atoms with Gasteiger partial charge >= 0.3 is 0 Å². The molecule has 1 aromatic heterocycles. The van der Waals surface area contributed by atoms with Gasteiger partial charge in [-0.2, -0.15) is 0 Å². The zero-order chi connectivity index (χ0) is 12.0. The summed E-state index contributed by atoms with van der Waals surface area (Å²) in [6, 6.07) is 2.61. The van der Waals surface area contributed by atoms with Crippen molar-refractivity contribution in [3.05, 3.63) is 29.8 Å². The lowest BCUT2D eigenvalue weighted by molar-refractivity contribution is 0.0754. The molecule has 1 rings (SSSR count). The van der Waals surface area contributed by atoms with E-state index in [-0.39, 0.29) is 11.6 Å². The fraction of sp³-hybridized carbons (Fsp3) is 0.455. The van der Waals surface area contributed by atoms with Gasteiger partial charge in [0.15, 0.2) is 0 Å². The fourth-order valence-corrected chi connectivity index (χ4v) is 1.40. The molecular formula is C11H16FN3O. The van der Waals surface area contributed by atoms with E-state index in [1.165, 1.54) is 12.1 Å². The predicted octanol–water partition coefficient (Wildman–Crippen LogP) is 1.03. The zero-order valence-electron chi connectivity index (χ0n) is 9.32. The van der Waals surface area contributed by atoms with Crippen LogP contribution in [0.3, 0.4) is 0 Å². The summed E-state index contributed by atoms with van der Waals surface area (Å²) in [5.41, 5.74) is 5.68. The molecule has 1 aromatic rings. The van der Waals surface area contributed by atoms with Crippen molar-refractivity contribution < 1.29 is 9.18 Å². The Bertz CT molecular complexity index is 334. The van der Waals surface area contributed by atoms with Gasteiger partial charge in [0.1, 0.15) is 11.5 Å². The number of nitrogens with zero attached hydrogens (tertiary/aromatic N) is 2. The predicted molar refractivity (Wildman–Crippen MR) is 59.4 cm³/mol. The third kappa shape index (κ3) is 3.27. The van der Waals surface area contributed by atoms with Crippen LogP contribution in [-0.4, -0.2) is 35.4 Å². The van der Waals surface area contributed by atoms with E-state index in [9.17, 15) is 9.18 Å². The molecule has 0 fully saturated rings. The molecule has 5 heteroatoms. The number of halogens is 1. The lowest BCUT2D eigenvalue weighted by atomic mass is 10.3. The molecule has 0 saturated carbocycles. The van der Waals surface area contributed by atoms with Crippen LogP contribution in [0.15, 0.2) is 18.3 Å². The van der Waals surface area contributed by atoms with Gasteiger partial charge in [0, 0.05) is 19.6 Å². The van der Waals surface area contributed by atoms with Crippen molar-refractivity contribution in [1.82, 2.24) is 9.88 Å². The van der Waals surface area contributed by atoms with Gasteiger partial charge in [-0.15, -0.1) is 0 Å². The molecule has 0 aliphatic carbocycles. The molecule has 0 aromatic carbocycles. The van der Waals surface area contributed by atoms with E-state index < -0.39 is 5.82 Å². The highest BCUT2D eigenvalue weighted by Crippen LogP contribution is 2.03. The lowest BCUT2D eigenvalue weighted by Crippen LogP contribution is -2.36. The first kappa shape index (κ1) is 12.6. The average Bonchev–Trinajstić information content (AvgIpc) is 2.29. The molecular weight excluding hydrogens is 209 g/mol. The maximum atomic E-state index is 12.6. The van der Waals surface area contributed by atoms with Gasteiger partial charge in [-0.25, -0.2) is 9.37 Å². The van der Waals surface area contributed by atoms with Gasteiger partial charge < -0.3 is 10.6 Å². The SMILES string of the molecule is CCCN(CCN)C(=O)c1ccc(F)cn1. The van der Waals surface area contributed by atoms with Crippen molar-refractivity contribution in [2.75, 3.05) is 19.6 Å². The molecule has 0 saturated heterocycles. The van der Waals surface area contributed by atoms with E-state index >= 15 is 0 Å². The Balaban J connectivity index is 2.77. The minimum Gasteiger partial charge on any atom is -0.336 e. The highest BCUT2D eigenvalue weighted by Gasteiger charge is 2.15. The first-order chi connectivity index (χ1) is 7.69. The second-order valence-corrected chi connectivity index (χ2v) is 3.44. The summed E-state index contributed by atoms with van der Waals surface area (Å²) < 4.78 is 12.6. The van der Waals surface area contributed by atoms with Gasteiger partial charge in [0.05, 0.1) is 6.20 Å². The monoisotopic (exact) mass is 225 g/mol. The smallest absolute Gasteiger partial charge is 0.272 e. The van der Waals surface area contributed by atoms with E-state index in [4.69, 9.17) is 5.73 Å². The van der Waals surface area contributed by atoms with Crippen LogP contribution >= 0.6 is 0 Å². The topological polar surface area (TPSA) is 59.2 Å². The standard InChI is InChI=1S/C11H16FN3O/c1-2-6-15(7-5-13)11(16)10-4-3-9(12)8-14-10/h3-4,8H,2,5-7,13H2,1H3. The van der Waals surface area contributed by atoms with Crippen molar-refractivity contribution in [3.63, 3.8) is 0 Å². The number of hydrogen-bond donors (Lipinski definition) is 1. The summed E-state index contributed by atoms with van der Waals surface area (Å²) in [5.74, 6) is -0.648. The number of aromatic nitrogens is 1. The quantitative estimate of drug-likeness (QED) is 0.814. The van der Waals surface area contributed by atoms with Crippen molar-refractivity contribution >= 4 is 5.91 Å². The van der Waals surface area contributed by atoms with E-state index in [2.05, 4.69) is 4.98 Å². The fourth-order valence-electron chi connectivity index (χ4n) is 1.40. The van der Waals surface area contributed by atoms with Gasteiger partial charge in [-0.05, 0) is 18.6 Å². The van der Waals surface area contributed by atoms with Crippen LogP contribution in [0.2, 0.25) is 0 Å². The van der Waals surface area contributed by atoms with Gasteiger partial charge in [-0.1, -0.05) is 6.92 Å². The highest BCUT2D eigenvalue weighted by atomic mass is 19.1. The summed E-state index contributed by atoms with van der Waals surface area (Å²) in [4.78, 5) is 17.3. The van der Waals surface area contributed by atoms with Gasteiger partial charge in [-0.3, -0.25) is 4.79 Å². The molecule has 1 heterocycles. The lowest BCUT2D eigenvalue weighted by Gasteiger charge is -2.20. The Kier molecular flexibility index (Phi) is 4.85. The number of amides is 1. The van der Waals surface area contributed by atoms with E-state index in [0.717, 1.165) is 12.6 Å². The Morgan fingerprint density at radius 2 is 2.25 bits per heavy atom. The van der Waals surface area contributed by atoms with Crippen LogP contribution in [0, 0.1) is 5.82 Å². The second kappa shape index (κ2) is 6.17. The minimum atomic E-state index is -0.447. The van der Waals surface area contributed by atoms with Crippen LogP contribution in [0.5, 0.6) is 0 Å². The van der Waals surface area contributed by atoms with Crippen LogP contribution in [0.1, 0.15) is 23.8 Å². The Hall–Kier alpha value is -1.49. The second-order valence-electron chi connectivity index (χ2n) is 3.44. The maximum absolute atomic E-state index is 12.6. The molecule has 0 unspecified atom stereocenters. The van der Waals surface area contributed by atoms with Crippen LogP contribution in [-0.2, 0) is 0 Å². The number of carbonyl (C=O) groups excluding carboxylic acids is 1. The van der Waals surface area contributed by atoms with E-state index in [1.54, 1.807) is 4.90 Å². The molecule has 0 spiro atoms. The third-order valence-corrected chi connectivity index (χ3v) is 2.13. The number of hydrogen-bond acceptors (Lipinski definition) is 3. The van der Waals surface area contributed by atoms with Crippen LogP contribution < -0.4 is 5.73 Å². The first-order valence-electron chi connectivity index (χ1n) is 5.30. The number of pyridine rings is 1. The minimum absolute atomic E-state index is 0.202. The summed E-state index contributed by atoms with van der Waals surface area (Å²) in [6.07, 6.45) is 1.90. The Morgan fingerprint density at radius 3 is 2.75 bits per heavy atom. The summed E-state index contributed by atoms with van der Waals surface area (Å²) in [6.45, 7) is 3.52. The van der Waals surface area contributed by atoms with Gasteiger partial charge in [0.2, 0.25) is 0 Å². The van der Waals surface area contributed by atoms with Crippen molar-refractivity contribution in [3.8, 4) is 0 Å². The summed E-state index contributed by atoms with van der Waals surface area (Å²) >= 11 is 0. The zero-order valence-corrected chi connectivity index (χ0v) is 9.32. The van der Waals surface area contributed by atoms with Crippen molar-refractivity contribution in [1.29, 1.82) is 0 Å². The van der Waals surface area contributed by atoms with Crippen molar-refractivity contribution in [2.45, 2.75) is 13.3 Å². The number of nitrogens with two attached hydrogens (primary N) is 1. The molecule has 88 valence electrons. The molecule has 0 atom stereocenters.